The average Bonchev–Trinajstić information content (AvgIpc) is 2.74. The van der Waals surface area contributed by atoms with E-state index in [1.165, 1.54) is 11.3 Å². The van der Waals surface area contributed by atoms with Gasteiger partial charge in [0.15, 0.2) is 0 Å². The predicted octanol–water partition coefficient (Wildman–Crippen LogP) is 1.84. The van der Waals surface area contributed by atoms with Crippen LogP contribution >= 0.6 is 11.3 Å². The molecule has 2 aromatic heterocycles. The van der Waals surface area contributed by atoms with E-state index in [2.05, 4.69) is 9.97 Å². The lowest BCUT2D eigenvalue weighted by molar-refractivity contribution is 0.179. The minimum absolute atomic E-state index is 0.0107. The van der Waals surface area contributed by atoms with Gasteiger partial charge in [0.2, 0.25) is 0 Å². The van der Waals surface area contributed by atoms with Crippen LogP contribution in [0.1, 0.15) is 10.6 Å². The lowest BCUT2D eigenvalue weighted by atomic mass is 10.3. The van der Waals surface area contributed by atoms with Crippen molar-refractivity contribution in [1.82, 2.24) is 9.97 Å². The van der Waals surface area contributed by atoms with Crippen molar-refractivity contribution in [1.29, 1.82) is 0 Å². The summed E-state index contributed by atoms with van der Waals surface area (Å²) in [5, 5.41) is 10.0. The van der Waals surface area contributed by atoms with Crippen LogP contribution in [0.5, 0.6) is 0 Å². The van der Waals surface area contributed by atoms with E-state index in [-0.39, 0.29) is 6.61 Å². The Kier molecular flexibility index (Phi) is 3.61. The fourth-order valence-corrected chi connectivity index (χ4v) is 2.26. The van der Waals surface area contributed by atoms with Crippen molar-refractivity contribution >= 4 is 11.3 Å². The Labute approximate surface area is 97.6 Å². The smallest absolute Gasteiger partial charge is 0.142 e. The Bertz CT molecular complexity index is 456. The van der Waals surface area contributed by atoms with Gasteiger partial charge in [-0.1, -0.05) is 6.07 Å². The zero-order valence-electron chi connectivity index (χ0n) is 8.88. The third kappa shape index (κ3) is 2.27. The van der Waals surface area contributed by atoms with Crippen molar-refractivity contribution in [3.63, 3.8) is 0 Å². The van der Waals surface area contributed by atoms with Crippen molar-refractivity contribution in [2.75, 3.05) is 7.11 Å². The summed E-state index contributed by atoms with van der Waals surface area (Å²) < 4.78 is 5.03. The van der Waals surface area contributed by atoms with Crippen LogP contribution in [0.4, 0.5) is 0 Å². The van der Waals surface area contributed by atoms with Crippen molar-refractivity contribution < 1.29 is 9.84 Å². The number of methoxy groups -OCH3 is 1. The van der Waals surface area contributed by atoms with Crippen molar-refractivity contribution in [2.45, 2.75) is 13.2 Å². The second kappa shape index (κ2) is 5.16. The molecule has 0 aliphatic rings. The molecule has 16 heavy (non-hydrogen) atoms. The molecule has 0 radical (unpaired) electrons. The number of aliphatic hydroxyl groups is 1. The number of nitrogens with zero attached hydrogens (tertiary/aromatic N) is 2. The maximum atomic E-state index is 9.20. The summed E-state index contributed by atoms with van der Waals surface area (Å²) in [4.78, 5) is 9.47. The van der Waals surface area contributed by atoms with E-state index in [0.29, 0.717) is 6.61 Å². The fraction of sp³-hybridized carbons (Fsp3) is 0.273. The maximum Gasteiger partial charge on any atom is 0.142 e. The first-order valence-electron chi connectivity index (χ1n) is 4.85. The molecule has 0 atom stereocenters. The molecule has 0 spiro atoms. The summed E-state index contributed by atoms with van der Waals surface area (Å²) in [6, 6.07) is 5.68. The highest BCUT2D eigenvalue weighted by Crippen LogP contribution is 2.26. The van der Waals surface area contributed by atoms with Gasteiger partial charge in [-0.15, -0.1) is 11.3 Å². The SMILES string of the molecule is COCc1nc(-c2ccccn2)sc1CO. The predicted molar refractivity (Wildman–Crippen MR) is 62.0 cm³/mol. The number of thiazole rings is 1. The molecule has 5 heteroatoms. The topological polar surface area (TPSA) is 55.2 Å². The molecule has 0 aliphatic heterocycles. The third-order valence-corrected chi connectivity index (χ3v) is 3.19. The summed E-state index contributed by atoms with van der Waals surface area (Å²) in [5.41, 5.74) is 1.61. The van der Waals surface area contributed by atoms with E-state index in [1.54, 1.807) is 13.3 Å². The fourth-order valence-electron chi connectivity index (χ4n) is 1.36. The van der Waals surface area contributed by atoms with Gasteiger partial charge in [0.25, 0.3) is 0 Å². The molecular weight excluding hydrogens is 224 g/mol. The molecule has 2 rings (SSSR count). The van der Waals surface area contributed by atoms with Crippen LogP contribution in [0.2, 0.25) is 0 Å². The van der Waals surface area contributed by atoms with Crippen LogP contribution in [-0.4, -0.2) is 22.2 Å². The second-order valence-corrected chi connectivity index (χ2v) is 4.28. The van der Waals surface area contributed by atoms with E-state index >= 15 is 0 Å². The number of aromatic nitrogens is 2. The summed E-state index contributed by atoms with van der Waals surface area (Å²) >= 11 is 1.45. The maximum absolute atomic E-state index is 9.20. The number of hydrogen-bond donors (Lipinski definition) is 1. The zero-order chi connectivity index (χ0) is 11.4. The summed E-state index contributed by atoms with van der Waals surface area (Å²) in [6.07, 6.45) is 1.73. The van der Waals surface area contributed by atoms with Crippen LogP contribution in [0, 0.1) is 0 Å². The molecule has 0 aromatic carbocycles. The Hall–Kier alpha value is -1.30. The molecule has 2 aromatic rings. The van der Waals surface area contributed by atoms with Gasteiger partial charge in [0.05, 0.1) is 29.5 Å². The number of rotatable bonds is 4. The number of hydrogen-bond acceptors (Lipinski definition) is 5. The van der Waals surface area contributed by atoms with Crippen LogP contribution in [0.25, 0.3) is 10.7 Å². The second-order valence-electron chi connectivity index (χ2n) is 3.19. The zero-order valence-corrected chi connectivity index (χ0v) is 9.70. The Balaban J connectivity index is 2.36. The average molecular weight is 236 g/mol. The van der Waals surface area contributed by atoms with E-state index in [1.807, 2.05) is 18.2 Å². The van der Waals surface area contributed by atoms with Crippen molar-refractivity contribution in [3.05, 3.63) is 35.0 Å². The minimum atomic E-state index is -0.0107. The van der Waals surface area contributed by atoms with Gasteiger partial charge in [-0.3, -0.25) is 4.98 Å². The molecule has 0 aliphatic carbocycles. The number of ether oxygens (including phenoxy) is 1. The van der Waals surface area contributed by atoms with Gasteiger partial charge < -0.3 is 9.84 Å². The first-order chi connectivity index (χ1) is 7.85. The normalized spacial score (nSPS) is 10.6. The highest BCUT2D eigenvalue weighted by Gasteiger charge is 2.11. The molecule has 0 fully saturated rings. The van der Waals surface area contributed by atoms with Gasteiger partial charge in [0.1, 0.15) is 5.01 Å². The van der Waals surface area contributed by atoms with Gasteiger partial charge in [0, 0.05) is 13.3 Å². The van der Waals surface area contributed by atoms with Crippen LogP contribution < -0.4 is 0 Å². The van der Waals surface area contributed by atoms with Crippen molar-refractivity contribution in [2.24, 2.45) is 0 Å². The van der Waals surface area contributed by atoms with E-state index in [4.69, 9.17) is 4.74 Å². The molecule has 2 heterocycles. The largest absolute Gasteiger partial charge is 0.391 e. The first kappa shape index (κ1) is 11.2. The van der Waals surface area contributed by atoms with Crippen LogP contribution in [0.15, 0.2) is 24.4 Å². The van der Waals surface area contributed by atoms with E-state index in [9.17, 15) is 5.11 Å². The number of pyridine rings is 1. The molecule has 0 bridgehead atoms. The molecule has 0 unspecified atom stereocenters. The molecule has 1 N–H and O–H groups in total. The molecular formula is C11H12N2O2S. The first-order valence-corrected chi connectivity index (χ1v) is 5.66. The quantitative estimate of drug-likeness (QED) is 0.880. The Morgan fingerprint density at radius 1 is 1.44 bits per heavy atom. The highest BCUT2D eigenvalue weighted by molar-refractivity contribution is 7.15. The van der Waals surface area contributed by atoms with Gasteiger partial charge >= 0.3 is 0 Å². The van der Waals surface area contributed by atoms with Gasteiger partial charge in [-0.05, 0) is 12.1 Å². The molecule has 0 amide bonds. The monoisotopic (exact) mass is 236 g/mol. The summed E-state index contributed by atoms with van der Waals surface area (Å²) in [6.45, 7) is 0.405. The standard InChI is InChI=1S/C11H12N2O2S/c1-15-7-9-10(6-14)16-11(13-9)8-4-2-3-5-12-8/h2-5,14H,6-7H2,1H3. The van der Waals surface area contributed by atoms with Gasteiger partial charge in [-0.2, -0.15) is 0 Å². The molecule has 0 saturated carbocycles. The Morgan fingerprint density at radius 2 is 2.31 bits per heavy atom. The lowest BCUT2D eigenvalue weighted by Gasteiger charge is -1.95. The van der Waals surface area contributed by atoms with Crippen LogP contribution in [0.3, 0.4) is 0 Å². The highest BCUT2D eigenvalue weighted by atomic mass is 32.1. The summed E-state index contributed by atoms with van der Waals surface area (Å²) in [7, 11) is 1.61. The third-order valence-electron chi connectivity index (χ3n) is 2.09. The van der Waals surface area contributed by atoms with Crippen LogP contribution in [-0.2, 0) is 18.0 Å². The minimum Gasteiger partial charge on any atom is -0.391 e. The molecule has 0 saturated heterocycles. The lowest BCUT2D eigenvalue weighted by Crippen LogP contribution is -1.92. The van der Waals surface area contributed by atoms with Gasteiger partial charge in [-0.25, -0.2) is 4.98 Å². The van der Waals surface area contributed by atoms with E-state index < -0.39 is 0 Å². The molecule has 84 valence electrons. The molecule has 4 nitrogen and oxygen atoms in total. The van der Waals surface area contributed by atoms with E-state index in [0.717, 1.165) is 21.3 Å². The number of aliphatic hydroxyl groups excluding tert-OH is 1. The summed E-state index contributed by atoms with van der Waals surface area (Å²) in [5.74, 6) is 0. The van der Waals surface area contributed by atoms with Crippen molar-refractivity contribution in [3.8, 4) is 10.7 Å². The Morgan fingerprint density at radius 3 is 2.94 bits per heavy atom.